The largest absolute Gasteiger partial charge is 0.390 e. The lowest BCUT2D eigenvalue weighted by Crippen LogP contribution is -2.32. The summed E-state index contributed by atoms with van der Waals surface area (Å²) >= 11 is 1.70. The van der Waals surface area contributed by atoms with Crippen molar-refractivity contribution in [2.24, 2.45) is 5.16 Å². The number of benzene rings is 1. The van der Waals surface area contributed by atoms with E-state index < -0.39 is 0 Å². The normalized spacial score (nSPS) is 18.8. The highest BCUT2D eigenvalue weighted by Crippen LogP contribution is 2.30. The summed E-state index contributed by atoms with van der Waals surface area (Å²) in [6.45, 7) is 0.430. The highest BCUT2D eigenvalue weighted by atomic mass is 32.1. The minimum atomic E-state index is -0.245. The third kappa shape index (κ3) is 3.80. The van der Waals surface area contributed by atoms with Crippen molar-refractivity contribution in [2.45, 2.75) is 44.6 Å². The summed E-state index contributed by atoms with van der Waals surface area (Å²) in [4.78, 5) is 19.3. The van der Waals surface area contributed by atoms with E-state index in [1.54, 1.807) is 17.4 Å². The molecule has 4 rings (SSSR count). The fourth-order valence-corrected chi connectivity index (χ4v) is 4.69. The third-order valence-corrected chi connectivity index (χ3v) is 5.98. The van der Waals surface area contributed by atoms with Crippen LogP contribution in [-0.4, -0.2) is 24.3 Å². The molecule has 0 spiro atoms. The Bertz CT molecular complexity index is 846. The van der Waals surface area contributed by atoms with Gasteiger partial charge in [0, 0.05) is 23.1 Å². The molecule has 1 N–H and O–H groups in total. The van der Waals surface area contributed by atoms with Gasteiger partial charge in [0.1, 0.15) is 11.9 Å². The number of hydrogen-bond donors (Lipinski definition) is 1. The quantitative estimate of drug-likeness (QED) is 0.866. The van der Waals surface area contributed by atoms with Gasteiger partial charge in [0.25, 0.3) is 5.91 Å². The van der Waals surface area contributed by atoms with Crippen LogP contribution in [0.25, 0.3) is 0 Å². The highest BCUT2D eigenvalue weighted by molar-refractivity contribution is 7.10. The van der Waals surface area contributed by atoms with Crippen molar-refractivity contribution >= 4 is 23.0 Å². The van der Waals surface area contributed by atoms with E-state index in [9.17, 15) is 9.18 Å². The Kier molecular flexibility index (Phi) is 5.02. The second-order valence-corrected chi connectivity index (χ2v) is 7.83. The van der Waals surface area contributed by atoms with Crippen molar-refractivity contribution in [3.05, 3.63) is 57.0 Å². The van der Waals surface area contributed by atoms with Crippen LogP contribution in [0.15, 0.2) is 34.8 Å². The lowest BCUT2D eigenvalue weighted by atomic mass is 9.95. The molecule has 0 radical (unpaired) electrons. The Morgan fingerprint density at radius 3 is 3.12 bits per heavy atom. The number of carbonyl (C=O) groups is 1. The number of fused-ring (bicyclic) bond motifs is 1. The number of hydrogen-bond acceptors (Lipinski definition) is 4. The van der Waals surface area contributed by atoms with Crippen molar-refractivity contribution in [3.8, 4) is 0 Å². The van der Waals surface area contributed by atoms with Gasteiger partial charge in [0.2, 0.25) is 0 Å². The summed E-state index contributed by atoms with van der Waals surface area (Å²) in [5.41, 5.74) is 3.81. The number of nitrogens with one attached hydrogen (secondary N) is 1. The highest BCUT2D eigenvalue weighted by Gasteiger charge is 2.24. The molecule has 1 aliphatic heterocycles. The minimum Gasteiger partial charge on any atom is -0.390 e. The summed E-state index contributed by atoms with van der Waals surface area (Å²) in [6, 6.07) is 6.51. The number of oxime groups is 1. The third-order valence-electron chi connectivity index (χ3n) is 4.89. The maximum Gasteiger partial charge on any atom is 0.252 e. The average molecular weight is 372 g/mol. The molecular weight excluding hydrogens is 351 g/mol. The molecule has 2 aromatic rings. The van der Waals surface area contributed by atoms with Crippen molar-refractivity contribution in [1.29, 1.82) is 0 Å². The van der Waals surface area contributed by atoms with Gasteiger partial charge < -0.3 is 10.2 Å². The predicted molar refractivity (Wildman–Crippen MR) is 100 cm³/mol. The van der Waals surface area contributed by atoms with E-state index >= 15 is 0 Å². The molecule has 1 aliphatic carbocycles. The molecule has 136 valence electrons. The van der Waals surface area contributed by atoms with Gasteiger partial charge in [0.05, 0.1) is 17.8 Å². The number of halogens is 1. The molecule has 1 aromatic carbocycles. The molecule has 1 amide bonds. The van der Waals surface area contributed by atoms with Crippen LogP contribution in [0.1, 0.15) is 45.6 Å². The predicted octanol–water partition coefficient (Wildman–Crippen LogP) is 3.88. The Morgan fingerprint density at radius 2 is 2.23 bits per heavy atom. The molecular formula is C20H21FN2O2S. The lowest BCUT2D eigenvalue weighted by molar-refractivity contribution is 0.0753. The summed E-state index contributed by atoms with van der Waals surface area (Å²) in [5.74, 6) is -0.267. The van der Waals surface area contributed by atoms with Crippen LogP contribution in [-0.2, 0) is 24.1 Å². The zero-order valence-electron chi connectivity index (χ0n) is 14.5. The fraction of sp³-hybridized carbons (Fsp3) is 0.400. The monoisotopic (exact) mass is 372 g/mol. The van der Waals surface area contributed by atoms with Gasteiger partial charge >= 0.3 is 0 Å². The molecule has 0 bridgehead atoms. The Morgan fingerprint density at radius 1 is 1.35 bits per heavy atom. The molecule has 0 fully saturated rings. The number of rotatable bonds is 5. The topological polar surface area (TPSA) is 50.7 Å². The summed E-state index contributed by atoms with van der Waals surface area (Å²) in [5, 5.41) is 9.06. The zero-order chi connectivity index (χ0) is 17.9. The minimum absolute atomic E-state index is 0.0217. The van der Waals surface area contributed by atoms with Crippen LogP contribution in [0.3, 0.4) is 0 Å². The van der Waals surface area contributed by atoms with Gasteiger partial charge in [0.15, 0.2) is 0 Å². The number of nitrogens with zero attached hydrogens (tertiary/aromatic N) is 1. The first-order valence-electron chi connectivity index (χ1n) is 9.02. The second-order valence-electron chi connectivity index (χ2n) is 6.86. The van der Waals surface area contributed by atoms with E-state index in [0.717, 1.165) is 36.1 Å². The van der Waals surface area contributed by atoms with Crippen molar-refractivity contribution in [1.82, 2.24) is 5.32 Å². The summed E-state index contributed by atoms with van der Waals surface area (Å²) < 4.78 is 13.3. The molecule has 6 heteroatoms. The molecule has 2 heterocycles. The maximum absolute atomic E-state index is 13.3. The van der Waals surface area contributed by atoms with Crippen LogP contribution in [0, 0.1) is 5.82 Å². The molecule has 26 heavy (non-hydrogen) atoms. The van der Waals surface area contributed by atoms with Crippen molar-refractivity contribution < 1.29 is 14.0 Å². The molecule has 1 unspecified atom stereocenters. The first kappa shape index (κ1) is 17.2. The fourth-order valence-electron chi connectivity index (χ4n) is 3.57. The molecule has 1 atom stereocenters. The van der Waals surface area contributed by atoms with E-state index in [0.29, 0.717) is 19.4 Å². The van der Waals surface area contributed by atoms with E-state index in [4.69, 9.17) is 4.84 Å². The van der Waals surface area contributed by atoms with Gasteiger partial charge in [-0.1, -0.05) is 17.3 Å². The molecule has 1 aromatic heterocycles. The SMILES string of the molecule is O=C(NCC1CC(Cc2cccc(F)c2)=NO1)c1csc2c1CCCC2. The zero-order valence-corrected chi connectivity index (χ0v) is 15.3. The van der Waals surface area contributed by atoms with E-state index in [1.165, 1.54) is 29.0 Å². The smallest absolute Gasteiger partial charge is 0.252 e. The van der Waals surface area contributed by atoms with Gasteiger partial charge in [-0.25, -0.2) is 4.39 Å². The van der Waals surface area contributed by atoms with Gasteiger partial charge in [-0.15, -0.1) is 11.3 Å². The van der Waals surface area contributed by atoms with Crippen molar-refractivity contribution in [2.75, 3.05) is 6.54 Å². The molecule has 2 aliphatic rings. The molecule has 0 saturated carbocycles. The summed E-state index contributed by atoms with van der Waals surface area (Å²) in [7, 11) is 0. The van der Waals surface area contributed by atoms with Crippen LogP contribution in [0.4, 0.5) is 4.39 Å². The van der Waals surface area contributed by atoms with Crippen LogP contribution in [0.5, 0.6) is 0 Å². The van der Waals surface area contributed by atoms with E-state index in [1.807, 2.05) is 11.4 Å². The van der Waals surface area contributed by atoms with E-state index in [2.05, 4.69) is 10.5 Å². The maximum atomic E-state index is 13.3. The Hall–Kier alpha value is -2.21. The van der Waals surface area contributed by atoms with Crippen LogP contribution >= 0.6 is 11.3 Å². The Balaban J connectivity index is 1.28. The first-order valence-corrected chi connectivity index (χ1v) is 9.90. The average Bonchev–Trinajstić information content (AvgIpc) is 3.26. The van der Waals surface area contributed by atoms with Crippen LogP contribution in [0.2, 0.25) is 0 Å². The second kappa shape index (κ2) is 7.58. The lowest BCUT2D eigenvalue weighted by Gasteiger charge is -2.13. The van der Waals surface area contributed by atoms with E-state index in [-0.39, 0.29) is 17.8 Å². The van der Waals surface area contributed by atoms with Crippen molar-refractivity contribution in [3.63, 3.8) is 0 Å². The number of aryl methyl sites for hydroxylation is 1. The number of carbonyl (C=O) groups excluding carboxylic acids is 1. The standard InChI is InChI=1S/C20H21FN2O2S/c21-14-5-3-4-13(8-14)9-15-10-16(25-23-15)11-22-20(24)18-12-26-19-7-2-1-6-17(18)19/h3-5,8,12,16H,1-2,6-7,9-11H2,(H,22,24). The summed E-state index contributed by atoms with van der Waals surface area (Å²) in [6.07, 6.45) is 5.54. The number of amides is 1. The van der Waals surface area contributed by atoms with Gasteiger partial charge in [-0.3, -0.25) is 4.79 Å². The Labute approximate surface area is 156 Å². The number of thiophene rings is 1. The molecule has 4 nitrogen and oxygen atoms in total. The first-order chi connectivity index (χ1) is 12.7. The van der Waals surface area contributed by atoms with Gasteiger partial charge in [-0.05, 0) is 48.9 Å². The molecule has 0 saturated heterocycles. The van der Waals surface area contributed by atoms with Gasteiger partial charge in [-0.2, -0.15) is 0 Å². The van der Waals surface area contributed by atoms with Crippen LogP contribution < -0.4 is 5.32 Å².